The van der Waals surface area contributed by atoms with Crippen molar-refractivity contribution in [1.29, 1.82) is 0 Å². The van der Waals surface area contributed by atoms with E-state index in [1.807, 2.05) is 6.08 Å². The number of rotatable bonds is 6. The maximum Gasteiger partial charge on any atom is 0.222 e. The second kappa shape index (κ2) is 8.39. The predicted octanol–water partition coefficient (Wildman–Crippen LogP) is 4.59. The van der Waals surface area contributed by atoms with Crippen molar-refractivity contribution in [2.45, 2.75) is 58.4 Å². The highest BCUT2D eigenvalue weighted by Crippen LogP contribution is 2.39. The van der Waals surface area contributed by atoms with Gasteiger partial charge in [-0.15, -0.1) is 6.58 Å². The van der Waals surface area contributed by atoms with Crippen molar-refractivity contribution in [2.75, 3.05) is 26.2 Å². The Morgan fingerprint density at radius 2 is 1.96 bits per heavy atom. The first-order chi connectivity index (χ1) is 12.5. The molecule has 3 rings (SSSR count). The minimum Gasteiger partial charge on any atom is -0.342 e. The Hall–Kier alpha value is -1.61. The van der Waals surface area contributed by atoms with Gasteiger partial charge in [0.1, 0.15) is 0 Å². The summed E-state index contributed by atoms with van der Waals surface area (Å²) in [4.78, 5) is 17.1. The summed E-state index contributed by atoms with van der Waals surface area (Å²) >= 11 is 0. The summed E-state index contributed by atoms with van der Waals surface area (Å²) in [7, 11) is 0. The minimum atomic E-state index is 0.308. The van der Waals surface area contributed by atoms with E-state index in [-0.39, 0.29) is 0 Å². The van der Waals surface area contributed by atoms with Gasteiger partial charge < -0.3 is 4.90 Å². The molecule has 3 heteroatoms. The third-order valence-corrected chi connectivity index (χ3v) is 6.15. The summed E-state index contributed by atoms with van der Waals surface area (Å²) in [5.41, 5.74) is 3.14. The molecule has 26 heavy (non-hydrogen) atoms. The van der Waals surface area contributed by atoms with E-state index in [4.69, 9.17) is 0 Å². The van der Waals surface area contributed by atoms with Crippen LogP contribution in [0.2, 0.25) is 0 Å². The standard InChI is InChI=1S/C23H34N2O/c1-4-5-7-22(26)25-15-13-23(18-25)12-6-14-24(17-23)16-20-8-10-21(11-9-20)19(2)3/h4,8-11,19H,1,5-7,12-18H2,2-3H3. The molecule has 0 bridgehead atoms. The van der Waals surface area contributed by atoms with Crippen molar-refractivity contribution >= 4 is 5.91 Å². The van der Waals surface area contributed by atoms with Gasteiger partial charge in [-0.3, -0.25) is 9.69 Å². The topological polar surface area (TPSA) is 23.6 Å². The van der Waals surface area contributed by atoms with Crippen LogP contribution in [0.1, 0.15) is 63.0 Å². The smallest absolute Gasteiger partial charge is 0.222 e. The SMILES string of the molecule is C=CCCC(=O)N1CCC2(CCCN(Cc3ccc(C(C)C)cc3)C2)C1. The van der Waals surface area contributed by atoms with Crippen molar-refractivity contribution in [2.24, 2.45) is 5.41 Å². The molecule has 0 aromatic heterocycles. The van der Waals surface area contributed by atoms with Crippen LogP contribution in [-0.2, 0) is 11.3 Å². The maximum atomic E-state index is 12.4. The fourth-order valence-electron chi connectivity index (χ4n) is 4.58. The highest BCUT2D eigenvalue weighted by atomic mass is 16.2. The van der Waals surface area contributed by atoms with Gasteiger partial charge in [0.2, 0.25) is 5.91 Å². The number of amides is 1. The number of carbonyl (C=O) groups is 1. The van der Waals surface area contributed by atoms with Crippen LogP contribution >= 0.6 is 0 Å². The number of likely N-dealkylation sites (tertiary alicyclic amines) is 2. The lowest BCUT2D eigenvalue weighted by Gasteiger charge is -2.40. The van der Waals surface area contributed by atoms with E-state index in [2.05, 4.69) is 54.5 Å². The summed E-state index contributed by atoms with van der Waals surface area (Å²) < 4.78 is 0. The maximum absolute atomic E-state index is 12.4. The van der Waals surface area contributed by atoms with Crippen LogP contribution in [0.25, 0.3) is 0 Å². The molecule has 2 aliphatic rings. The molecule has 2 heterocycles. The molecule has 2 saturated heterocycles. The van der Waals surface area contributed by atoms with E-state index in [0.717, 1.165) is 39.0 Å². The number of nitrogens with zero attached hydrogens (tertiary/aromatic N) is 2. The summed E-state index contributed by atoms with van der Waals surface area (Å²) in [6.45, 7) is 13.4. The van der Waals surface area contributed by atoms with Gasteiger partial charge in [-0.1, -0.05) is 44.2 Å². The number of benzene rings is 1. The molecule has 2 fully saturated rings. The summed E-state index contributed by atoms with van der Waals surface area (Å²) in [6, 6.07) is 9.12. The quantitative estimate of drug-likeness (QED) is 0.698. The van der Waals surface area contributed by atoms with Crippen LogP contribution in [0, 0.1) is 5.41 Å². The molecule has 1 unspecified atom stereocenters. The van der Waals surface area contributed by atoms with Gasteiger partial charge >= 0.3 is 0 Å². The number of hydrogen-bond donors (Lipinski definition) is 0. The molecule has 142 valence electrons. The largest absolute Gasteiger partial charge is 0.342 e. The molecule has 2 aliphatic heterocycles. The zero-order valence-corrected chi connectivity index (χ0v) is 16.5. The van der Waals surface area contributed by atoms with Crippen molar-refractivity contribution in [3.8, 4) is 0 Å². The van der Waals surface area contributed by atoms with E-state index in [9.17, 15) is 4.79 Å². The first kappa shape index (κ1) is 19.2. The van der Waals surface area contributed by atoms with E-state index >= 15 is 0 Å². The van der Waals surface area contributed by atoms with Gasteiger partial charge in [0.05, 0.1) is 0 Å². The van der Waals surface area contributed by atoms with Crippen molar-refractivity contribution in [3.63, 3.8) is 0 Å². The van der Waals surface area contributed by atoms with Gasteiger partial charge in [0, 0.05) is 38.0 Å². The molecule has 1 aromatic rings. The molecule has 1 amide bonds. The van der Waals surface area contributed by atoms with Crippen LogP contribution in [0.15, 0.2) is 36.9 Å². The van der Waals surface area contributed by atoms with E-state index in [1.165, 1.54) is 30.5 Å². The summed E-state index contributed by atoms with van der Waals surface area (Å²) in [5.74, 6) is 0.897. The van der Waals surface area contributed by atoms with Crippen molar-refractivity contribution < 1.29 is 4.79 Å². The summed E-state index contributed by atoms with van der Waals surface area (Å²) in [5, 5.41) is 0. The zero-order chi connectivity index (χ0) is 18.6. The van der Waals surface area contributed by atoms with Crippen LogP contribution in [0.5, 0.6) is 0 Å². The van der Waals surface area contributed by atoms with Crippen molar-refractivity contribution in [3.05, 3.63) is 48.0 Å². The molecule has 0 radical (unpaired) electrons. The van der Waals surface area contributed by atoms with Gasteiger partial charge in [0.15, 0.2) is 0 Å². The molecule has 1 aromatic carbocycles. The Morgan fingerprint density at radius 3 is 2.65 bits per heavy atom. The van der Waals surface area contributed by atoms with Gasteiger partial charge in [0.25, 0.3) is 0 Å². The lowest BCUT2D eigenvalue weighted by molar-refractivity contribution is -0.130. The Bertz CT molecular complexity index is 622. The Kier molecular flexibility index (Phi) is 6.18. The Labute approximate surface area is 159 Å². The van der Waals surface area contributed by atoms with Crippen LogP contribution in [0.3, 0.4) is 0 Å². The third kappa shape index (κ3) is 4.56. The molecule has 1 atom stereocenters. The number of allylic oxidation sites excluding steroid dienone is 1. The highest BCUT2D eigenvalue weighted by molar-refractivity contribution is 5.76. The van der Waals surface area contributed by atoms with E-state index < -0.39 is 0 Å². The molecular formula is C23H34N2O. The molecular weight excluding hydrogens is 320 g/mol. The van der Waals surface area contributed by atoms with Gasteiger partial charge in [-0.2, -0.15) is 0 Å². The zero-order valence-electron chi connectivity index (χ0n) is 16.5. The number of hydrogen-bond acceptors (Lipinski definition) is 2. The molecule has 0 saturated carbocycles. The molecule has 3 nitrogen and oxygen atoms in total. The van der Waals surface area contributed by atoms with Gasteiger partial charge in [-0.05, 0) is 49.3 Å². The lowest BCUT2D eigenvalue weighted by atomic mass is 9.79. The fourth-order valence-corrected chi connectivity index (χ4v) is 4.58. The summed E-state index contributed by atoms with van der Waals surface area (Å²) in [6.07, 6.45) is 6.93. The molecule has 1 spiro atoms. The molecule has 0 N–H and O–H groups in total. The van der Waals surface area contributed by atoms with Crippen molar-refractivity contribution in [1.82, 2.24) is 9.80 Å². The second-order valence-electron chi connectivity index (χ2n) is 8.60. The number of carbonyl (C=O) groups excluding carboxylic acids is 1. The monoisotopic (exact) mass is 354 g/mol. The minimum absolute atomic E-state index is 0.308. The lowest BCUT2D eigenvalue weighted by Crippen LogP contribution is -2.45. The first-order valence-corrected chi connectivity index (χ1v) is 10.2. The fraction of sp³-hybridized carbons (Fsp3) is 0.609. The Morgan fingerprint density at radius 1 is 1.19 bits per heavy atom. The van der Waals surface area contributed by atoms with Crippen LogP contribution < -0.4 is 0 Å². The average Bonchev–Trinajstić information content (AvgIpc) is 3.03. The average molecular weight is 355 g/mol. The van der Waals surface area contributed by atoms with E-state index in [0.29, 0.717) is 23.7 Å². The van der Waals surface area contributed by atoms with Gasteiger partial charge in [-0.25, -0.2) is 0 Å². The first-order valence-electron chi connectivity index (χ1n) is 10.2. The van der Waals surface area contributed by atoms with Crippen LogP contribution in [-0.4, -0.2) is 41.9 Å². The van der Waals surface area contributed by atoms with Crippen LogP contribution in [0.4, 0.5) is 0 Å². The van der Waals surface area contributed by atoms with E-state index in [1.54, 1.807) is 0 Å². The normalized spacial score (nSPS) is 23.7. The Balaban J connectivity index is 1.57. The molecule has 0 aliphatic carbocycles. The highest BCUT2D eigenvalue weighted by Gasteiger charge is 2.42. The third-order valence-electron chi connectivity index (χ3n) is 6.15. The number of piperidine rings is 1. The predicted molar refractivity (Wildman–Crippen MR) is 108 cm³/mol. The second-order valence-corrected chi connectivity index (χ2v) is 8.60.